The Morgan fingerprint density at radius 3 is 2.27 bits per heavy atom. The van der Waals surface area contributed by atoms with E-state index in [2.05, 4.69) is 19.6 Å². The minimum Gasteiger partial charge on any atom is -0.298 e. The number of carbonyl (C=O) groups excluding carboxylic acids is 1. The van der Waals surface area contributed by atoms with E-state index in [0.717, 1.165) is 18.3 Å². The van der Waals surface area contributed by atoms with Crippen molar-refractivity contribution >= 4 is 14.4 Å². The van der Waals surface area contributed by atoms with Crippen molar-refractivity contribution < 1.29 is 4.79 Å². The first kappa shape index (κ1) is 8.72. The molecule has 0 fully saturated rings. The summed E-state index contributed by atoms with van der Waals surface area (Å²) in [6.45, 7) is 6.95. The molecule has 1 rings (SSSR count). The lowest BCUT2D eigenvalue weighted by molar-refractivity contribution is -0.105. The summed E-state index contributed by atoms with van der Waals surface area (Å²) in [5.74, 6) is 0. The largest absolute Gasteiger partial charge is 0.298 e. The number of hydrogen-bond acceptors (Lipinski definition) is 1. The predicted octanol–water partition coefficient (Wildman–Crippen LogP) is 2.54. The SMILES string of the molecule is C[Si](C)(C)C1=C(C=O)CCC1. The fourth-order valence-corrected chi connectivity index (χ4v) is 3.83. The van der Waals surface area contributed by atoms with E-state index in [1.165, 1.54) is 18.0 Å². The van der Waals surface area contributed by atoms with Gasteiger partial charge in [-0.05, 0) is 24.8 Å². The van der Waals surface area contributed by atoms with E-state index in [0.29, 0.717) is 0 Å². The van der Waals surface area contributed by atoms with Gasteiger partial charge in [-0.15, -0.1) is 0 Å². The van der Waals surface area contributed by atoms with Gasteiger partial charge in [-0.2, -0.15) is 0 Å². The third-order valence-electron chi connectivity index (χ3n) is 2.31. The average molecular weight is 168 g/mol. The first-order chi connectivity index (χ1) is 5.05. The van der Waals surface area contributed by atoms with Crippen molar-refractivity contribution in [2.45, 2.75) is 38.9 Å². The van der Waals surface area contributed by atoms with Gasteiger partial charge in [-0.3, -0.25) is 4.79 Å². The van der Waals surface area contributed by atoms with Gasteiger partial charge in [0.05, 0.1) is 8.07 Å². The lowest BCUT2D eigenvalue weighted by Gasteiger charge is -2.18. The summed E-state index contributed by atoms with van der Waals surface area (Å²) in [5.41, 5.74) is 1.11. The predicted molar refractivity (Wildman–Crippen MR) is 50.3 cm³/mol. The second-order valence-corrected chi connectivity index (χ2v) is 9.33. The molecule has 0 saturated carbocycles. The Bertz CT molecular complexity index is 198. The van der Waals surface area contributed by atoms with Gasteiger partial charge in [0, 0.05) is 0 Å². The van der Waals surface area contributed by atoms with Crippen LogP contribution in [0.4, 0.5) is 0 Å². The third-order valence-corrected chi connectivity index (χ3v) is 4.69. The molecule has 0 saturated heterocycles. The van der Waals surface area contributed by atoms with E-state index >= 15 is 0 Å². The van der Waals surface area contributed by atoms with E-state index in [9.17, 15) is 4.79 Å². The molecule has 0 amide bonds. The summed E-state index contributed by atoms with van der Waals surface area (Å²) in [4.78, 5) is 10.6. The van der Waals surface area contributed by atoms with Crippen molar-refractivity contribution in [3.05, 3.63) is 10.8 Å². The van der Waals surface area contributed by atoms with E-state index in [-0.39, 0.29) is 0 Å². The molecule has 62 valence electrons. The molecule has 11 heavy (non-hydrogen) atoms. The number of carbonyl (C=O) groups is 1. The van der Waals surface area contributed by atoms with Gasteiger partial charge in [-0.25, -0.2) is 0 Å². The Hall–Kier alpha value is -0.373. The topological polar surface area (TPSA) is 17.1 Å². The van der Waals surface area contributed by atoms with Crippen LogP contribution in [0.2, 0.25) is 19.6 Å². The molecule has 0 unspecified atom stereocenters. The molecule has 0 aliphatic heterocycles. The van der Waals surface area contributed by atoms with Crippen LogP contribution < -0.4 is 0 Å². The molecule has 2 heteroatoms. The molecule has 0 spiro atoms. The molecule has 0 N–H and O–H groups in total. The number of allylic oxidation sites excluding steroid dienone is 2. The van der Waals surface area contributed by atoms with Crippen LogP contribution in [-0.4, -0.2) is 14.4 Å². The van der Waals surface area contributed by atoms with Crippen LogP contribution in [0.25, 0.3) is 0 Å². The summed E-state index contributed by atoms with van der Waals surface area (Å²) >= 11 is 0. The first-order valence-electron chi connectivity index (χ1n) is 4.23. The molecule has 0 heterocycles. The molecule has 1 aliphatic rings. The zero-order valence-corrected chi connectivity index (χ0v) is 8.61. The normalized spacial score (nSPS) is 19.2. The Kier molecular flexibility index (Phi) is 2.33. The van der Waals surface area contributed by atoms with Crippen molar-refractivity contribution in [1.82, 2.24) is 0 Å². The van der Waals surface area contributed by atoms with Gasteiger partial charge in [0.2, 0.25) is 0 Å². The monoisotopic (exact) mass is 168 g/mol. The maximum atomic E-state index is 10.6. The van der Waals surface area contributed by atoms with Crippen molar-refractivity contribution in [2.24, 2.45) is 0 Å². The standard InChI is InChI=1S/C9H16OSi/c1-11(2,3)9-6-4-5-8(9)7-10/h7H,4-6H2,1-3H3. The Morgan fingerprint density at radius 1 is 1.27 bits per heavy atom. The van der Waals surface area contributed by atoms with Gasteiger partial charge >= 0.3 is 0 Å². The van der Waals surface area contributed by atoms with E-state index in [1.54, 1.807) is 0 Å². The highest BCUT2D eigenvalue weighted by molar-refractivity contribution is 6.83. The van der Waals surface area contributed by atoms with E-state index in [4.69, 9.17) is 0 Å². The van der Waals surface area contributed by atoms with Crippen molar-refractivity contribution in [2.75, 3.05) is 0 Å². The van der Waals surface area contributed by atoms with Crippen molar-refractivity contribution in [1.29, 1.82) is 0 Å². The minimum atomic E-state index is -1.16. The van der Waals surface area contributed by atoms with Gasteiger partial charge in [0.15, 0.2) is 0 Å². The molecule has 0 radical (unpaired) electrons. The summed E-state index contributed by atoms with van der Waals surface area (Å²) in [5, 5.41) is 1.51. The Labute approximate surface area is 69.5 Å². The summed E-state index contributed by atoms with van der Waals surface area (Å²) < 4.78 is 0. The van der Waals surface area contributed by atoms with Crippen LogP contribution in [0.5, 0.6) is 0 Å². The molecule has 0 bridgehead atoms. The second-order valence-electron chi connectivity index (χ2n) is 4.23. The smallest absolute Gasteiger partial charge is 0.145 e. The van der Waals surface area contributed by atoms with Crippen LogP contribution in [0.3, 0.4) is 0 Å². The zero-order chi connectivity index (χ0) is 8.48. The number of rotatable bonds is 2. The molecule has 0 aromatic heterocycles. The summed E-state index contributed by atoms with van der Waals surface area (Å²) in [7, 11) is -1.16. The van der Waals surface area contributed by atoms with Crippen LogP contribution >= 0.6 is 0 Å². The van der Waals surface area contributed by atoms with Crippen molar-refractivity contribution in [3.8, 4) is 0 Å². The van der Waals surface area contributed by atoms with E-state index < -0.39 is 8.07 Å². The van der Waals surface area contributed by atoms with Gasteiger partial charge in [-0.1, -0.05) is 24.8 Å². The molecular weight excluding hydrogens is 152 g/mol. The van der Waals surface area contributed by atoms with Crippen LogP contribution in [-0.2, 0) is 4.79 Å². The zero-order valence-electron chi connectivity index (χ0n) is 7.61. The fraction of sp³-hybridized carbons (Fsp3) is 0.667. The maximum absolute atomic E-state index is 10.6. The molecular formula is C9H16OSi. The third kappa shape index (κ3) is 1.80. The number of aldehydes is 1. The summed E-state index contributed by atoms with van der Waals surface area (Å²) in [6.07, 6.45) is 4.49. The van der Waals surface area contributed by atoms with Crippen LogP contribution in [0.1, 0.15) is 19.3 Å². The van der Waals surface area contributed by atoms with E-state index in [1.807, 2.05) is 0 Å². The molecule has 0 atom stereocenters. The van der Waals surface area contributed by atoms with Crippen LogP contribution in [0, 0.1) is 0 Å². The minimum absolute atomic E-state index is 1.03. The quantitative estimate of drug-likeness (QED) is 0.457. The van der Waals surface area contributed by atoms with Crippen molar-refractivity contribution in [3.63, 3.8) is 0 Å². The van der Waals surface area contributed by atoms with Crippen LogP contribution in [0.15, 0.2) is 10.8 Å². The molecule has 1 aliphatic carbocycles. The maximum Gasteiger partial charge on any atom is 0.145 e. The second kappa shape index (κ2) is 2.93. The highest BCUT2D eigenvalue weighted by Gasteiger charge is 2.25. The van der Waals surface area contributed by atoms with Gasteiger partial charge in [0.1, 0.15) is 6.29 Å². The first-order valence-corrected chi connectivity index (χ1v) is 7.73. The lowest BCUT2D eigenvalue weighted by atomic mass is 10.3. The summed E-state index contributed by atoms with van der Waals surface area (Å²) in [6, 6.07) is 0. The molecule has 0 aromatic carbocycles. The number of hydrogen-bond donors (Lipinski definition) is 0. The molecule has 0 aromatic rings. The van der Waals surface area contributed by atoms with Gasteiger partial charge < -0.3 is 0 Å². The highest BCUT2D eigenvalue weighted by atomic mass is 28.3. The average Bonchev–Trinajstić information content (AvgIpc) is 2.31. The lowest BCUT2D eigenvalue weighted by Crippen LogP contribution is -2.24. The highest BCUT2D eigenvalue weighted by Crippen LogP contribution is 2.31. The Balaban J connectivity index is 2.92. The Morgan fingerprint density at radius 2 is 1.91 bits per heavy atom. The fourth-order valence-electron chi connectivity index (χ4n) is 1.75. The molecule has 1 nitrogen and oxygen atoms in total. The van der Waals surface area contributed by atoms with Gasteiger partial charge in [0.25, 0.3) is 0 Å².